The molecule has 5 heteroatoms. The number of hydrogen-bond donors (Lipinski definition) is 1. The monoisotopic (exact) mass is 370 g/mol. The zero-order valence-corrected chi connectivity index (χ0v) is 12.6. The standard InChI is InChI=1S/C14H15IN2O2/c15-11-4-2-1-3-10(11)13(19)17-6-5-14(9-17)7-12(18)16-8-14/h1-4H,5-9H2,(H,16,18). The highest BCUT2D eigenvalue weighted by molar-refractivity contribution is 14.1. The minimum absolute atomic E-state index is 0.0209. The average molecular weight is 370 g/mol. The van der Waals surface area contributed by atoms with Crippen molar-refractivity contribution in [2.75, 3.05) is 19.6 Å². The quantitative estimate of drug-likeness (QED) is 0.765. The third-order valence-electron chi connectivity index (χ3n) is 4.03. The van der Waals surface area contributed by atoms with Gasteiger partial charge in [0.2, 0.25) is 5.91 Å². The van der Waals surface area contributed by atoms with Gasteiger partial charge in [-0.2, -0.15) is 0 Å². The van der Waals surface area contributed by atoms with Crippen molar-refractivity contribution in [1.29, 1.82) is 0 Å². The summed E-state index contributed by atoms with van der Waals surface area (Å²) in [4.78, 5) is 25.8. The number of carbonyl (C=O) groups excluding carboxylic acids is 2. The maximum absolute atomic E-state index is 12.5. The van der Waals surface area contributed by atoms with E-state index in [1.807, 2.05) is 29.2 Å². The van der Waals surface area contributed by atoms with Crippen molar-refractivity contribution in [2.45, 2.75) is 12.8 Å². The van der Waals surface area contributed by atoms with Crippen LogP contribution in [-0.4, -0.2) is 36.3 Å². The maximum atomic E-state index is 12.5. The van der Waals surface area contributed by atoms with E-state index >= 15 is 0 Å². The van der Waals surface area contributed by atoms with Crippen LogP contribution >= 0.6 is 22.6 Å². The van der Waals surface area contributed by atoms with Crippen LogP contribution in [0.1, 0.15) is 23.2 Å². The molecule has 1 spiro atoms. The van der Waals surface area contributed by atoms with E-state index in [1.54, 1.807) is 0 Å². The van der Waals surface area contributed by atoms with Gasteiger partial charge >= 0.3 is 0 Å². The SMILES string of the molecule is O=C1CC2(CCN(C(=O)c3ccccc3I)C2)CN1. The zero-order chi connectivity index (χ0) is 13.5. The molecule has 2 heterocycles. The van der Waals surface area contributed by atoms with Gasteiger partial charge in [-0.15, -0.1) is 0 Å². The molecule has 1 atom stereocenters. The van der Waals surface area contributed by atoms with Crippen molar-refractivity contribution in [3.63, 3.8) is 0 Å². The highest BCUT2D eigenvalue weighted by Gasteiger charge is 2.45. The van der Waals surface area contributed by atoms with Gasteiger partial charge in [-0.1, -0.05) is 12.1 Å². The van der Waals surface area contributed by atoms with E-state index in [4.69, 9.17) is 0 Å². The first-order valence-electron chi connectivity index (χ1n) is 6.40. The Hall–Kier alpha value is -1.11. The molecule has 0 aromatic heterocycles. The molecule has 100 valence electrons. The Morgan fingerprint density at radius 2 is 2.16 bits per heavy atom. The predicted octanol–water partition coefficient (Wildman–Crippen LogP) is 1.64. The Balaban J connectivity index is 1.77. The molecule has 1 unspecified atom stereocenters. The Labute approximate surface area is 125 Å². The lowest BCUT2D eigenvalue weighted by molar-refractivity contribution is -0.119. The van der Waals surface area contributed by atoms with E-state index < -0.39 is 0 Å². The first-order chi connectivity index (χ1) is 9.10. The number of hydrogen-bond acceptors (Lipinski definition) is 2. The normalized spacial score (nSPS) is 25.9. The molecule has 2 fully saturated rings. The minimum Gasteiger partial charge on any atom is -0.355 e. The molecule has 0 radical (unpaired) electrons. The maximum Gasteiger partial charge on any atom is 0.254 e. The van der Waals surface area contributed by atoms with Crippen LogP contribution in [0.2, 0.25) is 0 Å². The summed E-state index contributed by atoms with van der Waals surface area (Å²) in [5.41, 5.74) is 0.741. The Kier molecular flexibility index (Phi) is 3.24. The molecule has 19 heavy (non-hydrogen) atoms. The highest BCUT2D eigenvalue weighted by atomic mass is 127. The summed E-state index contributed by atoms with van der Waals surface area (Å²) in [7, 11) is 0. The Bertz CT molecular complexity index is 546. The summed E-state index contributed by atoms with van der Waals surface area (Å²) in [6, 6.07) is 7.64. The van der Waals surface area contributed by atoms with Crippen molar-refractivity contribution in [2.24, 2.45) is 5.41 Å². The van der Waals surface area contributed by atoms with E-state index in [-0.39, 0.29) is 17.2 Å². The first kappa shape index (κ1) is 12.9. The van der Waals surface area contributed by atoms with Gasteiger partial charge in [0.1, 0.15) is 0 Å². The minimum atomic E-state index is -0.0209. The summed E-state index contributed by atoms with van der Waals surface area (Å²) in [5.74, 6) is 0.199. The summed E-state index contributed by atoms with van der Waals surface area (Å²) in [5, 5.41) is 2.88. The van der Waals surface area contributed by atoms with E-state index in [2.05, 4.69) is 27.9 Å². The second kappa shape index (κ2) is 4.77. The number of halogens is 1. The van der Waals surface area contributed by atoms with E-state index in [0.717, 1.165) is 22.1 Å². The molecular formula is C14H15IN2O2. The van der Waals surface area contributed by atoms with Gasteiger partial charge in [0.15, 0.2) is 0 Å². The topological polar surface area (TPSA) is 49.4 Å². The van der Waals surface area contributed by atoms with Crippen LogP contribution < -0.4 is 5.32 Å². The third kappa shape index (κ3) is 2.35. The molecule has 0 bridgehead atoms. The van der Waals surface area contributed by atoms with Crippen LogP contribution in [0.5, 0.6) is 0 Å². The number of benzene rings is 1. The van der Waals surface area contributed by atoms with Crippen molar-refractivity contribution in [1.82, 2.24) is 10.2 Å². The second-order valence-electron chi connectivity index (χ2n) is 5.41. The zero-order valence-electron chi connectivity index (χ0n) is 10.5. The molecule has 3 rings (SSSR count). The molecule has 0 aliphatic carbocycles. The molecule has 2 aliphatic rings. The van der Waals surface area contributed by atoms with E-state index in [9.17, 15) is 9.59 Å². The number of nitrogens with zero attached hydrogens (tertiary/aromatic N) is 1. The smallest absolute Gasteiger partial charge is 0.254 e. The van der Waals surface area contributed by atoms with E-state index in [0.29, 0.717) is 19.5 Å². The van der Waals surface area contributed by atoms with Crippen LogP contribution in [0.15, 0.2) is 24.3 Å². The molecule has 1 N–H and O–H groups in total. The van der Waals surface area contributed by atoms with Crippen molar-refractivity contribution < 1.29 is 9.59 Å². The van der Waals surface area contributed by atoms with Crippen LogP contribution in [0.3, 0.4) is 0 Å². The highest BCUT2D eigenvalue weighted by Crippen LogP contribution is 2.37. The third-order valence-corrected chi connectivity index (χ3v) is 4.97. The Morgan fingerprint density at radius 1 is 1.37 bits per heavy atom. The fourth-order valence-corrected chi connectivity index (χ4v) is 3.57. The number of amides is 2. The van der Waals surface area contributed by atoms with Gasteiger partial charge in [0.25, 0.3) is 5.91 Å². The lowest BCUT2D eigenvalue weighted by Crippen LogP contribution is -2.33. The summed E-state index contributed by atoms with van der Waals surface area (Å²) < 4.78 is 0.978. The molecule has 2 amide bonds. The second-order valence-corrected chi connectivity index (χ2v) is 6.57. The van der Waals surface area contributed by atoms with Gasteiger partial charge in [-0.05, 0) is 41.1 Å². The van der Waals surface area contributed by atoms with Crippen molar-refractivity contribution >= 4 is 34.4 Å². The molecule has 2 saturated heterocycles. The summed E-state index contributed by atoms with van der Waals surface area (Å²) in [6.07, 6.45) is 1.48. The molecular weight excluding hydrogens is 355 g/mol. The lowest BCUT2D eigenvalue weighted by atomic mass is 9.86. The summed E-state index contributed by atoms with van der Waals surface area (Å²) in [6.45, 7) is 2.15. The molecule has 0 saturated carbocycles. The number of likely N-dealkylation sites (tertiary alicyclic amines) is 1. The van der Waals surface area contributed by atoms with Crippen LogP contribution in [0, 0.1) is 8.99 Å². The number of nitrogens with one attached hydrogen (secondary N) is 1. The molecule has 1 aromatic rings. The fourth-order valence-electron chi connectivity index (χ4n) is 2.95. The molecule has 1 aromatic carbocycles. The predicted molar refractivity (Wildman–Crippen MR) is 79.7 cm³/mol. The van der Waals surface area contributed by atoms with E-state index in [1.165, 1.54) is 0 Å². The summed E-state index contributed by atoms with van der Waals surface area (Å²) >= 11 is 2.19. The number of rotatable bonds is 1. The van der Waals surface area contributed by atoms with Gasteiger partial charge in [-0.3, -0.25) is 9.59 Å². The van der Waals surface area contributed by atoms with Crippen LogP contribution in [0.25, 0.3) is 0 Å². The molecule has 2 aliphatic heterocycles. The van der Waals surface area contributed by atoms with Gasteiger partial charge in [-0.25, -0.2) is 0 Å². The number of carbonyl (C=O) groups is 2. The van der Waals surface area contributed by atoms with Gasteiger partial charge < -0.3 is 10.2 Å². The van der Waals surface area contributed by atoms with Crippen molar-refractivity contribution in [3.8, 4) is 0 Å². The van der Waals surface area contributed by atoms with Crippen molar-refractivity contribution in [3.05, 3.63) is 33.4 Å². The van der Waals surface area contributed by atoms with Gasteiger partial charge in [0, 0.05) is 35.0 Å². The Morgan fingerprint density at radius 3 is 2.84 bits per heavy atom. The average Bonchev–Trinajstić information content (AvgIpc) is 2.97. The van der Waals surface area contributed by atoms with Crippen LogP contribution in [0.4, 0.5) is 0 Å². The fraction of sp³-hybridized carbons (Fsp3) is 0.429. The first-order valence-corrected chi connectivity index (χ1v) is 7.48. The van der Waals surface area contributed by atoms with Gasteiger partial charge in [0.05, 0.1) is 5.56 Å². The largest absolute Gasteiger partial charge is 0.355 e. The molecule has 4 nitrogen and oxygen atoms in total. The van der Waals surface area contributed by atoms with Crippen LogP contribution in [-0.2, 0) is 4.79 Å². The lowest BCUT2D eigenvalue weighted by Gasteiger charge is -2.22.